The van der Waals surface area contributed by atoms with Crippen molar-refractivity contribution in [2.24, 2.45) is 4.99 Å². The van der Waals surface area contributed by atoms with Gasteiger partial charge in [0.05, 0.1) is 25.0 Å². The minimum Gasteiger partial charge on any atom is -0.469 e. The number of guanidine groups is 1. The van der Waals surface area contributed by atoms with Crippen LogP contribution in [0.1, 0.15) is 56.0 Å². The van der Waals surface area contributed by atoms with Gasteiger partial charge in [-0.05, 0) is 51.3 Å². The van der Waals surface area contributed by atoms with Crippen molar-refractivity contribution in [3.8, 4) is 5.69 Å². The van der Waals surface area contributed by atoms with E-state index in [0.29, 0.717) is 13.0 Å². The molecule has 1 heterocycles. The highest BCUT2D eigenvalue weighted by molar-refractivity contribution is 14.0. The first-order chi connectivity index (χ1) is 14.5. The molecule has 7 nitrogen and oxygen atoms in total. The lowest BCUT2D eigenvalue weighted by Crippen LogP contribution is -2.37. The van der Waals surface area contributed by atoms with Crippen LogP contribution in [-0.2, 0) is 16.1 Å². The summed E-state index contributed by atoms with van der Waals surface area (Å²) >= 11 is 0. The van der Waals surface area contributed by atoms with Crippen molar-refractivity contribution in [2.45, 2.75) is 59.4 Å². The highest BCUT2D eigenvalue weighted by atomic mass is 127. The molecule has 0 aliphatic heterocycles. The molecule has 0 fully saturated rings. The zero-order chi connectivity index (χ0) is 21.8. The summed E-state index contributed by atoms with van der Waals surface area (Å²) in [7, 11) is 1.43. The van der Waals surface area contributed by atoms with E-state index in [2.05, 4.69) is 52.5 Å². The molecule has 0 unspecified atom stereocenters. The molecule has 0 amide bonds. The van der Waals surface area contributed by atoms with E-state index in [1.807, 2.05) is 23.7 Å². The summed E-state index contributed by atoms with van der Waals surface area (Å²) < 4.78 is 6.64. The van der Waals surface area contributed by atoms with Crippen molar-refractivity contribution in [2.75, 3.05) is 20.2 Å². The third-order valence-corrected chi connectivity index (χ3v) is 4.81. The summed E-state index contributed by atoms with van der Waals surface area (Å²) in [6.45, 7) is 8.37. The number of nitrogens with one attached hydrogen (secondary N) is 2. The molecule has 0 saturated heterocycles. The van der Waals surface area contributed by atoms with Gasteiger partial charge in [-0.25, -0.2) is 9.67 Å². The van der Waals surface area contributed by atoms with E-state index in [1.165, 1.54) is 7.11 Å². The number of carbonyl (C=O) groups is 1. The maximum Gasteiger partial charge on any atom is 0.305 e. The second-order valence-corrected chi connectivity index (χ2v) is 7.33. The second kappa shape index (κ2) is 14.8. The van der Waals surface area contributed by atoms with Crippen LogP contribution in [0.4, 0.5) is 0 Å². The molecule has 2 aromatic rings. The van der Waals surface area contributed by atoms with Crippen molar-refractivity contribution in [3.63, 3.8) is 0 Å². The minimum atomic E-state index is -0.129. The van der Waals surface area contributed by atoms with Gasteiger partial charge in [-0.15, -0.1) is 24.0 Å². The van der Waals surface area contributed by atoms with E-state index < -0.39 is 0 Å². The van der Waals surface area contributed by atoms with E-state index in [-0.39, 0.29) is 29.9 Å². The number of hydrogen-bond donors (Lipinski definition) is 2. The molecule has 172 valence electrons. The first kappa shape index (κ1) is 26.9. The van der Waals surface area contributed by atoms with Crippen molar-refractivity contribution in [1.29, 1.82) is 0 Å². The van der Waals surface area contributed by atoms with Crippen molar-refractivity contribution in [3.05, 3.63) is 47.3 Å². The number of ether oxygens (including phenoxy) is 1. The van der Waals surface area contributed by atoms with Crippen LogP contribution in [0.25, 0.3) is 5.69 Å². The van der Waals surface area contributed by atoms with Crippen molar-refractivity contribution in [1.82, 2.24) is 20.4 Å². The fourth-order valence-corrected chi connectivity index (χ4v) is 3.29. The molecule has 0 radical (unpaired) electrons. The molecule has 0 spiro atoms. The number of esters is 1. The molecule has 0 bridgehead atoms. The standard InChI is InChI=1S/C23H35N5O2.HI/c1-5-24-23(25-15-11-7-6-8-14-22(29)30-4)26-17-20-12-9-10-13-21(20)28-19(3)16-18(2)27-28;/h9-10,12-13,16H,5-8,11,14-15,17H2,1-4H3,(H2,24,25,26);1H. The molecule has 31 heavy (non-hydrogen) atoms. The number of methoxy groups -OCH3 is 1. The van der Waals surface area contributed by atoms with Crippen LogP contribution in [0.5, 0.6) is 0 Å². The Morgan fingerprint density at radius 1 is 1.13 bits per heavy atom. The summed E-state index contributed by atoms with van der Waals surface area (Å²) in [5.74, 6) is 0.686. The van der Waals surface area contributed by atoms with E-state index in [1.54, 1.807) is 0 Å². The van der Waals surface area contributed by atoms with Gasteiger partial charge in [-0.1, -0.05) is 31.0 Å². The number of hydrogen-bond acceptors (Lipinski definition) is 4. The van der Waals surface area contributed by atoms with Crippen LogP contribution in [0.15, 0.2) is 35.3 Å². The van der Waals surface area contributed by atoms with Crippen molar-refractivity contribution >= 4 is 35.9 Å². The summed E-state index contributed by atoms with van der Waals surface area (Å²) in [5, 5.41) is 11.3. The van der Waals surface area contributed by atoms with Gasteiger partial charge < -0.3 is 15.4 Å². The Kier molecular flexibility index (Phi) is 12.9. The lowest BCUT2D eigenvalue weighted by molar-refractivity contribution is -0.140. The first-order valence-corrected chi connectivity index (χ1v) is 10.8. The molecule has 1 aromatic carbocycles. The van der Waals surface area contributed by atoms with Gasteiger partial charge in [-0.3, -0.25) is 4.79 Å². The number of para-hydroxylation sites is 1. The van der Waals surface area contributed by atoms with E-state index in [0.717, 1.165) is 67.4 Å². The van der Waals surface area contributed by atoms with Gasteiger partial charge in [0, 0.05) is 25.2 Å². The smallest absolute Gasteiger partial charge is 0.305 e. The number of halogens is 1. The van der Waals surface area contributed by atoms with Gasteiger partial charge in [0.25, 0.3) is 0 Å². The van der Waals surface area contributed by atoms with Crippen LogP contribution in [0.2, 0.25) is 0 Å². The number of rotatable bonds is 11. The number of nitrogens with zero attached hydrogens (tertiary/aromatic N) is 3. The molecule has 0 saturated carbocycles. The third-order valence-electron chi connectivity index (χ3n) is 4.81. The molecule has 0 atom stereocenters. The average molecular weight is 541 g/mol. The van der Waals surface area contributed by atoms with E-state index >= 15 is 0 Å². The molecule has 0 aliphatic rings. The largest absolute Gasteiger partial charge is 0.469 e. The van der Waals surface area contributed by atoms with Crippen LogP contribution in [0.3, 0.4) is 0 Å². The third kappa shape index (κ3) is 9.28. The molecule has 2 rings (SSSR count). The zero-order valence-corrected chi connectivity index (χ0v) is 21.4. The monoisotopic (exact) mass is 541 g/mol. The van der Waals surface area contributed by atoms with E-state index in [4.69, 9.17) is 4.99 Å². The van der Waals surface area contributed by atoms with E-state index in [9.17, 15) is 4.79 Å². The van der Waals surface area contributed by atoms with Gasteiger partial charge in [0.1, 0.15) is 0 Å². The number of aryl methyl sites for hydroxylation is 2. The highest BCUT2D eigenvalue weighted by Crippen LogP contribution is 2.17. The summed E-state index contributed by atoms with van der Waals surface area (Å²) in [6.07, 6.45) is 4.52. The number of aliphatic imine (C=N–C) groups is 1. The molecular weight excluding hydrogens is 505 g/mol. The normalized spacial score (nSPS) is 11.0. The van der Waals surface area contributed by atoms with Crippen LogP contribution < -0.4 is 10.6 Å². The molecule has 2 N–H and O–H groups in total. The van der Waals surface area contributed by atoms with Gasteiger partial charge in [0.2, 0.25) is 0 Å². The maximum absolute atomic E-state index is 11.1. The Balaban J connectivity index is 0.00000480. The Morgan fingerprint density at radius 3 is 2.55 bits per heavy atom. The fourth-order valence-electron chi connectivity index (χ4n) is 3.29. The van der Waals surface area contributed by atoms with Crippen molar-refractivity contribution < 1.29 is 9.53 Å². The number of benzene rings is 1. The Labute approximate surface area is 203 Å². The highest BCUT2D eigenvalue weighted by Gasteiger charge is 2.08. The topological polar surface area (TPSA) is 80.5 Å². The Bertz CT molecular complexity index is 835. The van der Waals surface area contributed by atoms with Crippen LogP contribution in [-0.4, -0.2) is 41.9 Å². The lowest BCUT2D eigenvalue weighted by atomic mass is 10.1. The summed E-state index contributed by atoms with van der Waals surface area (Å²) in [6, 6.07) is 10.3. The number of unbranched alkanes of at least 4 members (excludes halogenated alkanes) is 3. The quantitative estimate of drug-likeness (QED) is 0.146. The molecule has 0 aliphatic carbocycles. The fraction of sp³-hybridized carbons (Fsp3) is 0.522. The van der Waals surface area contributed by atoms with Gasteiger partial charge in [-0.2, -0.15) is 5.10 Å². The van der Waals surface area contributed by atoms with Crippen LogP contribution >= 0.6 is 24.0 Å². The number of aromatic nitrogens is 2. The van der Waals surface area contributed by atoms with Crippen LogP contribution in [0, 0.1) is 13.8 Å². The Morgan fingerprint density at radius 2 is 1.87 bits per heavy atom. The molecule has 8 heteroatoms. The van der Waals surface area contributed by atoms with Gasteiger partial charge >= 0.3 is 5.97 Å². The molecular formula is C23H36IN5O2. The first-order valence-electron chi connectivity index (χ1n) is 10.8. The second-order valence-electron chi connectivity index (χ2n) is 7.33. The SMILES string of the molecule is CCNC(=NCc1ccccc1-n1nc(C)cc1C)NCCCCCCC(=O)OC.I. The zero-order valence-electron chi connectivity index (χ0n) is 19.1. The predicted molar refractivity (Wildman–Crippen MR) is 136 cm³/mol. The minimum absolute atomic E-state index is 0. The maximum atomic E-state index is 11.1. The average Bonchev–Trinajstić information content (AvgIpc) is 3.08. The lowest BCUT2D eigenvalue weighted by Gasteiger charge is -2.13. The Hall–Kier alpha value is -2.10. The molecule has 1 aromatic heterocycles. The summed E-state index contributed by atoms with van der Waals surface area (Å²) in [5.41, 5.74) is 4.31. The van der Waals surface area contributed by atoms with Gasteiger partial charge in [0.15, 0.2) is 5.96 Å². The number of carbonyl (C=O) groups excluding carboxylic acids is 1. The summed E-state index contributed by atoms with van der Waals surface area (Å²) in [4.78, 5) is 15.9. The predicted octanol–water partition coefficient (Wildman–Crippen LogP) is 4.29.